The maximum atomic E-state index is 12.4. The van der Waals surface area contributed by atoms with Crippen LogP contribution >= 0.6 is 0 Å². The van der Waals surface area contributed by atoms with Crippen LogP contribution in [0.4, 0.5) is 0 Å². The molecule has 1 atom stereocenters. The average molecular weight is 254 g/mol. The van der Waals surface area contributed by atoms with E-state index >= 15 is 0 Å². The normalized spacial score (nSPS) is 23.2. The first-order valence-electron chi connectivity index (χ1n) is 6.83. The van der Waals surface area contributed by atoms with Gasteiger partial charge in [0.05, 0.1) is 0 Å². The van der Waals surface area contributed by atoms with Crippen molar-refractivity contribution in [2.75, 3.05) is 13.6 Å². The highest BCUT2D eigenvalue weighted by atomic mass is 16.2. The van der Waals surface area contributed by atoms with Crippen molar-refractivity contribution in [3.8, 4) is 0 Å². The lowest BCUT2D eigenvalue weighted by molar-refractivity contribution is -0.154. The molecule has 0 bridgehead atoms. The largest absolute Gasteiger partial charge is 0.327 e. The van der Waals surface area contributed by atoms with E-state index in [1.165, 1.54) is 0 Å². The summed E-state index contributed by atoms with van der Waals surface area (Å²) in [5.41, 5.74) is -0.221. The zero-order valence-electron chi connectivity index (χ0n) is 12.2. The molecule has 0 radical (unpaired) electrons. The molecular formula is C14H26N2O2. The maximum absolute atomic E-state index is 12.4. The van der Waals surface area contributed by atoms with Crippen LogP contribution in [0, 0.1) is 5.92 Å². The van der Waals surface area contributed by atoms with Gasteiger partial charge in [0.2, 0.25) is 5.78 Å². The number of piperidine rings is 1. The van der Waals surface area contributed by atoms with Gasteiger partial charge in [0.1, 0.15) is 0 Å². The van der Waals surface area contributed by atoms with Gasteiger partial charge in [0.15, 0.2) is 0 Å². The number of nitrogens with zero attached hydrogens (tertiary/aromatic N) is 1. The predicted molar refractivity (Wildman–Crippen MR) is 72.3 cm³/mol. The number of rotatable bonds is 4. The van der Waals surface area contributed by atoms with Crippen molar-refractivity contribution in [2.45, 2.75) is 58.5 Å². The van der Waals surface area contributed by atoms with Crippen LogP contribution in [0.25, 0.3) is 0 Å². The van der Waals surface area contributed by atoms with Gasteiger partial charge in [-0.15, -0.1) is 0 Å². The monoisotopic (exact) mass is 254 g/mol. The fourth-order valence-corrected chi connectivity index (χ4v) is 2.75. The Morgan fingerprint density at radius 1 is 1.39 bits per heavy atom. The van der Waals surface area contributed by atoms with Crippen LogP contribution in [0.1, 0.15) is 47.0 Å². The topological polar surface area (TPSA) is 49.4 Å². The van der Waals surface area contributed by atoms with Crippen molar-refractivity contribution in [3.63, 3.8) is 0 Å². The third-order valence-corrected chi connectivity index (χ3v) is 3.74. The number of likely N-dealkylation sites (N-methyl/N-ethyl adjacent to an activating group) is 1. The van der Waals surface area contributed by atoms with E-state index in [2.05, 4.69) is 19.2 Å². The summed E-state index contributed by atoms with van der Waals surface area (Å²) >= 11 is 0. The van der Waals surface area contributed by atoms with Gasteiger partial charge in [0, 0.05) is 24.0 Å². The molecule has 0 aromatic heterocycles. The summed E-state index contributed by atoms with van der Waals surface area (Å²) in [6, 6.07) is 0.133. The fraction of sp³-hybridized carbons (Fsp3) is 0.857. The van der Waals surface area contributed by atoms with Crippen molar-refractivity contribution >= 4 is 11.7 Å². The number of carbonyl (C=O) groups is 2. The first-order chi connectivity index (χ1) is 8.31. The minimum atomic E-state index is -0.310. The van der Waals surface area contributed by atoms with Gasteiger partial charge >= 0.3 is 0 Å². The third kappa shape index (κ3) is 3.10. The fourth-order valence-electron chi connectivity index (χ4n) is 2.75. The average Bonchev–Trinajstić information content (AvgIpc) is 2.26. The summed E-state index contributed by atoms with van der Waals surface area (Å²) in [6.45, 7) is 8.43. The SMILES string of the molecule is CNCC1CCCC(C)(C)N1C(=O)C(=O)C(C)C. The highest BCUT2D eigenvalue weighted by Gasteiger charge is 2.41. The van der Waals surface area contributed by atoms with Gasteiger partial charge in [-0.05, 0) is 40.2 Å². The van der Waals surface area contributed by atoms with Crippen LogP contribution in [-0.4, -0.2) is 41.8 Å². The quantitative estimate of drug-likeness (QED) is 0.775. The molecule has 0 aromatic carbocycles. The molecule has 1 aliphatic rings. The van der Waals surface area contributed by atoms with E-state index in [1.54, 1.807) is 13.8 Å². The van der Waals surface area contributed by atoms with Crippen LogP contribution in [0.5, 0.6) is 0 Å². The zero-order valence-corrected chi connectivity index (χ0v) is 12.2. The molecule has 1 amide bonds. The molecule has 0 aromatic rings. The van der Waals surface area contributed by atoms with Crippen molar-refractivity contribution in [2.24, 2.45) is 5.92 Å². The highest BCUT2D eigenvalue weighted by Crippen LogP contribution is 2.32. The lowest BCUT2D eigenvalue weighted by Crippen LogP contribution is -2.60. The number of likely N-dealkylation sites (tertiary alicyclic amines) is 1. The maximum Gasteiger partial charge on any atom is 0.290 e. The molecule has 4 nitrogen and oxygen atoms in total. The number of ketones is 1. The molecule has 0 spiro atoms. The van der Waals surface area contributed by atoms with Crippen LogP contribution in [0.2, 0.25) is 0 Å². The number of hydrogen-bond acceptors (Lipinski definition) is 3. The molecule has 4 heteroatoms. The molecule has 104 valence electrons. The van der Waals surface area contributed by atoms with Crippen LogP contribution < -0.4 is 5.32 Å². The van der Waals surface area contributed by atoms with Crippen molar-refractivity contribution in [1.29, 1.82) is 0 Å². The smallest absolute Gasteiger partial charge is 0.290 e. The van der Waals surface area contributed by atoms with Gasteiger partial charge in [-0.25, -0.2) is 0 Å². The van der Waals surface area contributed by atoms with Crippen LogP contribution in [-0.2, 0) is 9.59 Å². The standard InChI is InChI=1S/C14H26N2O2/c1-10(2)12(17)13(18)16-11(9-15-5)7-6-8-14(16,3)4/h10-11,15H,6-9H2,1-5H3. The van der Waals surface area contributed by atoms with E-state index in [4.69, 9.17) is 0 Å². The second-order valence-electron chi connectivity index (χ2n) is 6.11. The lowest BCUT2D eigenvalue weighted by Gasteiger charge is -2.47. The van der Waals surface area contributed by atoms with E-state index in [0.29, 0.717) is 0 Å². The van der Waals surface area contributed by atoms with Gasteiger partial charge in [0.25, 0.3) is 5.91 Å². The second kappa shape index (κ2) is 5.83. The van der Waals surface area contributed by atoms with Crippen molar-refractivity contribution < 1.29 is 9.59 Å². The van der Waals surface area contributed by atoms with E-state index < -0.39 is 0 Å². The summed E-state index contributed by atoms with van der Waals surface area (Å²) in [6.07, 6.45) is 3.05. The van der Waals surface area contributed by atoms with E-state index in [-0.39, 0.29) is 29.2 Å². The highest BCUT2D eigenvalue weighted by molar-refractivity contribution is 6.36. The Bertz CT molecular complexity index is 322. The zero-order chi connectivity index (χ0) is 13.9. The third-order valence-electron chi connectivity index (χ3n) is 3.74. The number of hydrogen-bond donors (Lipinski definition) is 1. The molecule has 0 saturated carbocycles. The van der Waals surface area contributed by atoms with Crippen molar-refractivity contribution in [3.05, 3.63) is 0 Å². The van der Waals surface area contributed by atoms with Gasteiger partial charge in [-0.1, -0.05) is 13.8 Å². The predicted octanol–water partition coefficient (Wildman–Crippen LogP) is 1.59. The molecule has 0 aliphatic carbocycles. The lowest BCUT2D eigenvalue weighted by atomic mass is 9.85. The number of amides is 1. The molecule has 1 aliphatic heterocycles. The number of nitrogens with one attached hydrogen (secondary N) is 1. The molecule has 1 unspecified atom stereocenters. The molecule has 18 heavy (non-hydrogen) atoms. The summed E-state index contributed by atoms with van der Waals surface area (Å²) in [7, 11) is 1.88. The van der Waals surface area contributed by atoms with Gasteiger partial charge in [-0.3, -0.25) is 9.59 Å². The minimum absolute atomic E-state index is 0.133. The molecular weight excluding hydrogens is 228 g/mol. The first kappa shape index (κ1) is 15.2. The Morgan fingerprint density at radius 2 is 2.00 bits per heavy atom. The van der Waals surface area contributed by atoms with E-state index in [0.717, 1.165) is 25.8 Å². The summed E-state index contributed by atoms with van der Waals surface area (Å²) < 4.78 is 0. The Kier molecular flexibility index (Phi) is 4.91. The summed E-state index contributed by atoms with van der Waals surface area (Å²) in [5.74, 6) is -0.813. The molecule has 1 rings (SSSR count). The van der Waals surface area contributed by atoms with Gasteiger partial charge in [-0.2, -0.15) is 0 Å². The number of Topliss-reactive ketones (excluding diaryl/α,β-unsaturated/α-hetero) is 1. The Balaban J connectivity index is 2.96. The summed E-state index contributed by atoms with van der Waals surface area (Å²) in [4.78, 5) is 26.2. The first-order valence-corrected chi connectivity index (χ1v) is 6.83. The molecule has 1 saturated heterocycles. The second-order valence-corrected chi connectivity index (χ2v) is 6.11. The molecule has 1 N–H and O–H groups in total. The molecule has 1 heterocycles. The van der Waals surface area contributed by atoms with Gasteiger partial charge < -0.3 is 10.2 Å². The van der Waals surface area contributed by atoms with Crippen LogP contribution in [0.3, 0.4) is 0 Å². The van der Waals surface area contributed by atoms with Crippen LogP contribution in [0.15, 0.2) is 0 Å². The minimum Gasteiger partial charge on any atom is -0.327 e. The molecule has 1 fully saturated rings. The summed E-state index contributed by atoms with van der Waals surface area (Å²) in [5, 5.41) is 3.12. The van der Waals surface area contributed by atoms with E-state index in [9.17, 15) is 9.59 Å². The Labute approximate surface area is 110 Å². The van der Waals surface area contributed by atoms with Crippen molar-refractivity contribution in [1.82, 2.24) is 10.2 Å². The Morgan fingerprint density at radius 3 is 2.50 bits per heavy atom. The Hall–Kier alpha value is -0.900. The van der Waals surface area contributed by atoms with E-state index in [1.807, 2.05) is 11.9 Å². The number of carbonyl (C=O) groups excluding carboxylic acids is 2.